The molecule has 0 radical (unpaired) electrons. The number of nitrogens with zero attached hydrogens (tertiary/aromatic N) is 1. The molecule has 0 spiro atoms. The first-order valence-electron chi connectivity index (χ1n) is 14.2. The first-order chi connectivity index (χ1) is 19.2. The molecule has 1 fully saturated rings. The molecule has 40 heavy (non-hydrogen) atoms. The van der Waals surface area contributed by atoms with Gasteiger partial charge in [-0.05, 0) is 62.1 Å². The Morgan fingerprint density at radius 2 is 1.80 bits per heavy atom. The quantitative estimate of drug-likeness (QED) is 0.422. The molecule has 3 atom stereocenters. The van der Waals surface area contributed by atoms with E-state index in [0.29, 0.717) is 44.2 Å². The van der Waals surface area contributed by atoms with Gasteiger partial charge in [-0.15, -0.1) is 0 Å². The minimum absolute atomic E-state index is 0.0475. The summed E-state index contributed by atoms with van der Waals surface area (Å²) >= 11 is 0. The average molecular weight is 555 g/mol. The summed E-state index contributed by atoms with van der Waals surface area (Å²) in [5.74, 6) is -1.69. The molecule has 2 heterocycles. The van der Waals surface area contributed by atoms with Crippen molar-refractivity contribution in [1.29, 1.82) is 0 Å². The molecule has 4 N–H and O–H groups in total. The Morgan fingerprint density at radius 3 is 2.55 bits per heavy atom. The molecule has 2 aliphatic rings. The average Bonchev–Trinajstić information content (AvgIpc) is 2.93. The van der Waals surface area contributed by atoms with Gasteiger partial charge in [-0.2, -0.15) is 0 Å². The van der Waals surface area contributed by atoms with Crippen LogP contribution in [0, 0.1) is 5.92 Å². The van der Waals surface area contributed by atoms with Crippen LogP contribution >= 0.6 is 0 Å². The van der Waals surface area contributed by atoms with Gasteiger partial charge in [0, 0.05) is 19.4 Å². The van der Waals surface area contributed by atoms with Crippen LogP contribution in [0.2, 0.25) is 0 Å². The van der Waals surface area contributed by atoms with Crippen molar-refractivity contribution in [3.63, 3.8) is 0 Å². The summed E-state index contributed by atoms with van der Waals surface area (Å²) in [7, 11) is 0. The predicted octanol–water partition coefficient (Wildman–Crippen LogP) is 2.68. The number of hydrazine groups is 1. The minimum atomic E-state index is -0.996. The Hall–Kier alpha value is -3.66. The summed E-state index contributed by atoms with van der Waals surface area (Å²) in [5.41, 5.74) is 3.64. The maximum absolute atomic E-state index is 13.7. The largest absolute Gasteiger partial charge is 0.508 e. The zero-order chi connectivity index (χ0) is 28.9. The van der Waals surface area contributed by atoms with Gasteiger partial charge in [0.2, 0.25) is 11.8 Å². The maximum Gasteiger partial charge on any atom is 0.324 e. The number of allylic oxidation sites excluding steroid dienone is 3. The second-order valence-electron chi connectivity index (χ2n) is 10.6. The molecule has 0 aromatic heterocycles. The van der Waals surface area contributed by atoms with E-state index in [4.69, 9.17) is 4.74 Å². The van der Waals surface area contributed by atoms with E-state index in [9.17, 15) is 24.3 Å². The van der Waals surface area contributed by atoms with E-state index >= 15 is 0 Å². The molecule has 0 aliphatic carbocycles. The smallest absolute Gasteiger partial charge is 0.324 e. The van der Waals surface area contributed by atoms with Crippen molar-refractivity contribution in [2.24, 2.45) is 5.92 Å². The Morgan fingerprint density at radius 1 is 1.02 bits per heavy atom. The third kappa shape index (κ3) is 9.82. The minimum Gasteiger partial charge on any atom is -0.508 e. The van der Waals surface area contributed by atoms with Gasteiger partial charge >= 0.3 is 5.97 Å². The van der Waals surface area contributed by atoms with Crippen molar-refractivity contribution in [1.82, 2.24) is 21.1 Å². The number of rotatable bonds is 3. The number of ether oxygens (including phenoxy) is 1. The molecule has 1 aromatic carbocycles. The van der Waals surface area contributed by atoms with Crippen LogP contribution < -0.4 is 16.1 Å². The Bertz CT molecular complexity index is 1090. The van der Waals surface area contributed by atoms with Crippen LogP contribution in [-0.4, -0.2) is 65.1 Å². The number of benzene rings is 1. The summed E-state index contributed by atoms with van der Waals surface area (Å²) in [6, 6.07) is 3.99. The Balaban J connectivity index is 1.83. The molecule has 10 nitrogen and oxygen atoms in total. The van der Waals surface area contributed by atoms with Crippen molar-refractivity contribution in [3.05, 3.63) is 54.1 Å². The molecule has 2 bridgehead atoms. The van der Waals surface area contributed by atoms with Crippen LogP contribution in [-0.2, 0) is 30.3 Å². The lowest BCUT2D eigenvalue weighted by Gasteiger charge is -2.35. The SMILES string of the molecule is CC(C)[C@@H]1NC(=O)CCCC/C=C\C=C/CCOC(=O)[C@@H]2CCCN(N2)C(=O)[C@H](Cc2cccc(O)c2)NC1=O. The fraction of sp³-hybridized carbons (Fsp3) is 0.533. The first-order valence-corrected chi connectivity index (χ1v) is 14.2. The van der Waals surface area contributed by atoms with Crippen LogP contribution in [0.1, 0.15) is 64.4 Å². The van der Waals surface area contributed by atoms with Crippen molar-refractivity contribution in [2.75, 3.05) is 13.2 Å². The van der Waals surface area contributed by atoms with Crippen LogP contribution in [0.3, 0.4) is 0 Å². The van der Waals surface area contributed by atoms with Gasteiger partial charge < -0.3 is 20.5 Å². The summed E-state index contributed by atoms with van der Waals surface area (Å²) in [6.07, 6.45) is 12.2. The zero-order valence-corrected chi connectivity index (χ0v) is 23.4. The van der Waals surface area contributed by atoms with Crippen LogP contribution in [0.15, 0.2) is 48.6 Å². The van der Waals surface area contributed by atoms with E-state index in [1.807, 2.05) is 38.2 Å². The highest BCUT2D eigenvalue weighted by Gasteiger charge is 2.35. The van der Waals surface area contributed by atoms with Crippen molar-refractivity contribution in [3.8, 4) is 5.75 Å². The lowest BCUT2D eigenvalue weighted by atomic mass is 10.00. The maximum atomic E-state index is 13.7. The fourth-order valence-corrected chi connectivity index (χ4v) is 4.69. The molecule has 3 rings (SSSR count). The number of esters is 1. The molecule has 2 aliphatic heterocycles. The number of phenols is 1. The molecule has 1 saturated heterocycles. The lowest BCUT2D eigenvalue weighted by Crippen LogP contribution is -2.62. The number of phenolic OH excluding ortho intramolecular Hbond substituents is 1. The van der Waals surface area contributed by atoms with Gasteiger partial charge in [0.1, 0.15) is 23.9 Å². The van der Waals surface area contributed by atoms with Crippen molar-refractivity contribution < 1.29 is 29.0 Å². The molecule has 0 unspecified atom stereocenters. The van der Waals surface area contributed by atoms with Crippen molar-refractivity contribution >= 4 is 23.7 Å². The van der Waals surface area contributed by atoms with Gasteiger partial charge in [-0.1, -0.05) is 50.3 Å². The number of hydrogen-bond donors (Lipinski definition) is 4. The lowest BCUT2D eigenvalue weighted by molar-refractivity contribution is -0.153. The third-order valence-corrected chi connectivity index (χ3v) is 6.90. The number of hydrogen-bond acceptors (Lipinski definition) is 7. The standard InChI is InChI=1S/C30H42N4O6/c1-21(2)27-28(37)31-25(20-22-13-11-14-23(35)19-22)29(38)34-17-12-15-24(33-34)30(39)40-18-10-8-6-4-3-5-7-9-16-26(36)32-27/h3-4,6,8,11,13-14,19,21,24-25,27,33,35H,5,7,9-10,12,15-18,20H2,1-2H3,(H,31,37)(H,32,36)/b4-3-,8-6-/t24-,25-,27-/m0/s1. The van der Waals surface area contributed by atoms with Gasteiger partial charge in [-0.3, -0.25) is 24.2 Å². The first kappa shape index (κ1) is 30.9. The Labute approximate surface area is 236 Å². The summed E-state index contributed by atoms with van der Waals surface area (Å²) in [6.45, 7) is 4.26. The van der Waals surface area contributed by atoms with E-state index in [2.05, 4.69) is 16.1 Å². The number of nitrogens with one attached hydrogen (secondary N) is 3. The van der Waals surface area contributed by atoms with E-state index in [-0.39, 0.29) is 30.6 Å². The molecular formula is C30H42N4O6. The summed E-state index contributed by atoms with van der Waals surface area (Å²) in [4.78, 5) is 52.5. The van der Waals surface area contributed by atoms with Crippen LogP contribution in [0.25, 0.3) is 0 Å². The van der Waals surface area contributed by atoms with E-state index in [1.54, 1.807) is 12.1 Å². The molecular weight excluding hydrogens is 512 g/mol. The fourth-order valence-electron chi connectivity index (χ4n) is 4.69. The highest BCUT2D eigenvalue weighted by atomic mass is 16.5. The van der Waals surface area contributed by atoms with Crippen LogP contribution in [0.5, 0.6) is 5.75 Å². The van der Waals surface area contributed by atoms with Gasteiger partial charge in [0.05, 0.1) is 6.61 Å². The zero-order valence-electron chi connectivity index (χ0n) is 23.4. The monoisotopic (exact) mass is 554 g/mol. The highest BCUT2D eigenvalue weighted by Crippen LogP contribution is 2.16. The number of fused-ring (bicyclic) bond motifs is 2. The number of aromatic hydroxyl groups is 1. The normalized spacial score (nSPS) is 26.1. The summed E-state index contributed by atoms with van der Waals surface area (Å²) < 4.78 is 5.43. The van der Waals surface area contributed by atoms with E-state index < -0.39 is 35.9 Å². The van der Waals surface area contributed by atoms with E-state index in [1.165, 1.54) is 17.1 Å². The van der Waals surface area contributed by atoms with Crippen LogP contribution in [0.4, 0.5) is 0 Å². The number of carbonyl (C=O) groups is 4. The van der Waals surface area contributed by atoms with Crippen molar-refractivity contribution in [2.45, 2.75) is 83.3 Å². The molecule has 3 amide bonds. The predicted molar refractivity (Wildman–Crippen MR) is 151 cm³/mol. The highest BCUT2D eigenvalue weighted by molar-refractivity contribution is 5.92. The molecule has 0 saturated carbocycles. The van der Waals surface area contributed by atoms with Gasteiger partial charge in [0.15, 0.2) is 0 Å². The molecule has 218 valence electrons. The number of amides is 3. The number of cyclic esters (lactones) is 1. The van der Waals surface area contributed by atoms with Gasteiger partial charge in [-0.25, -0.2) is 5.43 Å². The molecule has 10 heteroatoms. The molecule has 1 aromatic rings. The van der Waals surface area contributed by atoms with E-state index in [0.717, 1.165) is 12.8 Å². The second-order valence-corrected chi connectivity index (χ2v) is 10.6. The van der Waals surface area contributed by atoms with Gasteiger partial charge in [0.25, 0.3) is 5.91 Å². The third-order valence-electron chi connectivity index (χ3n) is 6.90. The summed E-state index contributed by atoms with van der Waals surface area (Å²) in [5, 5.41) is 17.0. The second kappa shape index (κ2) is 15.8. The Kier molecular flexibility index (Phi) is 12.2. The topological polar surface area (TPSA) is 137 Å². The number of carbonyl (C=O) groups excluding carboxylic acids is 4.